The summed E-state index contributed by atoms with van der Waals surface area (Å²) in [5, 5.41) is 0. The molecule has 0 fully saturated rings. The van der Waals surface area contributed by atoms with E-state index in [0.717, 1.165) is 77.0 Å². The fraction of sp³-hybridized carbons (Fsp3) is 0.727. The molecular formula is C55H94O6. The lowest BCUT2D eigenvalue weighted by Gasteiger charge is -2.18. The largest absolute Gasteiger partial charge is 0.462 e. The van der Waals surface area contributed by atoms with Gasteiger partial charge in [0.15, 0.2) is 6.10 Å². The molecule has 0 aliphatic heterocycles. The van der Waals surface area contributed by atoms with Crippen molar-refractivity contribution >= 4 is 17.9 Å². The van der Waals surface area contributed by atoms with Crippen molar-refractivity contribution in [1.82, 2.24) is 0 Å². The highest BCUT2D eigenvalue weighted by Crippen LogP contribution is 2.13. The first-order valence-corrected chi connectivity index (χ1v) is 25.4. The fourth-order valence-electron chi connectivity index (χ4n) is 6.76. The maximum atomic E-state index is 12.8. The molecule has 0 aliphatic carbocycles. The molecule has 0 aromatic heterocycles. The van der Waals surface area contributed by atoms with Crippen LogP contribution in [0.1, 0.15) is 239 Å². The van der Waals surface area contributed by atoms with Gasteiger partial charge in [0, 0.05) is 19.3 Å². The number of hydrogen-bond donors (Lipinski definition) is 0. The van der Waals surface area contributed by atoms with Crippen molar-refractivity contribution in [3.05, 3.63) is 72.9 Å². The minimum Gasteiger partial charge on any atom is -0.462 e. The summed E-state index contributed by atoms with van der Waals surface area (Å²) >= 11 is 0. The molecule has 0 aromatic rings. The zero-order chi connectivity index (χ0) is 44.4. The van der Waals surface area contributed by atoms with Crippen molar-refractivity contribution in [1.29, 1.82) is 0 Å². The Morgan fingerprint density at radius 3 is 1.07 bits per heavy atom. The molecule has 0 amide bonds. The quantitative estimate of drug-likeness (QED) is 0.0263. The Morgan fingerprint density at radius 2 is 0.623 bits per heavy atom. The first kappa shape index (κ1) is 57.9. The predicted octanol–water partition coefficient (Wildman–Crippen LogP) is 16.6. The van der Waals surface area contributed by atoms with Crippen molar-refractivity contribution in [2.45, 2.75) is 245 Å². The number of unbranched alkanes of at least 4 members (excludes halogenated alkanes) is 22. The lowest BCUT2D eigenvalue weighted by Crippen LogP contribution is -2.30. The summed E-state index contributed by atoms with van der Waals surface area (Å²) in [7, 11) is 0. The zero-order valence-electron chi connectivity index (χ0n) is 39.9. The zero-order valence-corrected chi connectivity index (χ0v) is 39.9. The topological polar surface area (TPSA) is 78.9 Å². The summed E-state index contributed by atoms with van der Waals surface area (Å²) in [6.45, 7) is 6.50. The van der Waals surface area contributed by atoms with Crippen LogP contribution in [0.5, 0.6) is 0 Å². The molecule has 0 bridgehead atoms. The van der Waals surface area contributed by atoms with Crippen LogP contribution in [0.25, 0.3) is 0 Å². The van der Waals surface area contributed by atoms with E-state index in [2.05, 4.69) is 93.7 Å². The number of allylic oxidation sites excluding steroid dienone is 12. The molecule has 0 spiro atoms. The third-order valence-corrected chi connectivity index (χ3v) is 10.7. The third kappa shape index (κ3) is 47.7. The van der Waals surface area contributed by atoms with Gasteiger partial charge in [0.1, 0.15) is 13.2 Å². The van der Waals surface area contributed by atoms with E-state index in [-0.39, 0.29) is 37.5 Å². The third-order valence-electron chi connectivity index (χ3n) is 10.7. The standard InChI is InChI=1S/C55H94O6/c1-4-7-10-13-16-19-22-24-26-27-29-31-34-37-40-43-46-49-55(58)61-52(50-59-53(56)47-44-41-38-35-32-21-18-15-12-9-6-3)51-60-54(57)48-45-42-39-36-33-30-28-25-23-20-17-14-11-8-5-2/h15-16,18-20,23-24,26,29,31,37,40,52H,4-14,17,21-22,25,27-28,30,32-36,38-39,41-51H2,1-3H3/b18-15-,19-16-,23-20-,26-24-,31-29-,40-37-/t52-/m0/s1. The number of ether oxygens (including phenoxy) is 3. The molecule has 6 nitrogen and oxygen atoms in total. The molecule has 1 atom stereocenters. The van der Waals surface area contributed by atoms with Crippen LogP contribution in [0, 0.1) is 0 Å². The number of carbonyl (C=O) groups excluding carboxylic acids is 3. The van der Waals surface area contributed by atoms with Gasteiger partial charge in [-0.2, -0.15) is 0 Å². The molecule has 0 heterocycles. The lowest BCUT2D eigenvalue weighted by molar-refractivity contribution is -0.167. The van der Waals surface area contributed by atoms with Crippen LogP contribution in [0.3, 0.4) is 0 Å². The molecule has 0 rings (SSSR count). The second-order valence-electron chi connectivity index (χ2n) is 16.7. The summed E-state index contributed by atoms with van der Waals surface area (Å²) in [6, 6.07) is 0. The Bertz CT molecular complexity index is 1160. The lowest BCUT2D eigenvalue weighted by atomic mass is 10.1. The normalized spacial score (nSPS) is 12.6. The van der Waals surface area contributed by atoms with Gasteiger partial charge in [-0.1, -0.05) is 190 Å². The van der Waals surface area contributed by atoms with E-state index in [1.165, 1.54) is 116 Å². The van der Waals surface area contributed by atoms with E-state index < -0.39 is 6.10 Å². The Kier molecular flexibility index (Phi) is 46.9. The highest BCUT2D eigenvalue weighted by molar-refractivity contribution is 5.71. The van der Waals surface area contributed by atoms with Gasteiger partial charge in [-0.25, -0.2) is 0 Å². The van der Waals surface area contributed by atoms with Gasteiger partial charge in [-0.05, 0) is 103 Å². The summed E-state index contributed by atoms with van der Waals surface area (Å²) in [6.07, 6.45) is 61.7. The second-order valence-corrected chi connectivity index (χ2v) is 16.7. The van der Waals surface area contributed by atoms with E-state index >= 15 is 0 Å². The average molecular weight is 851 g/mol. The molecule has 0 saturated heterocycles. The Balaban J connectivity index is 4.48. The van der Waals surface area contributed by atoms with E-state index in [1.54, 1.807) is 0 Å². The SMILES string of the molecule is CCCC/C=C\CCCCCCCC(=O)OC[C@@H](COC(=O)CCCCCCCCC/C=C\CCCCCC)OC(=O)CCC/C=C\C/C=C\C/C=C\C/C=C\CCCCC. The van der Waals surface area contributed by atoms with Crippen LogP contribution in [0.15, 0.2) is 72.9 Å². The van der Waals surface area contributed by atoms with E-state index in [0.29, 0.717) is 19.3 Å². The average Bonchev–Trinajstić information content (AvgIpc) is 3.26. The van der Waals surface area contributed by atoms with E-state index in [9.17, 15) is 14.4 Å². The van der Waals surface area contributed by atoms with Crippen molar-refractivity contribution in [3.8, 4) is 0 Å². The van der Waals surface area contributed by atoms with Crippen molar-refractivity contribution in [2.24, 2.45) is 0 Å². The molecule has 0 aromatic carbocycles. The maximum absolute atomic E-state index is 12.8. The monoisotopic (exact) mass is 851 g/mol. The van der Waals surface area contributed by atoms with Crippen molar-refractivity contribution < 1.29 is 28.6 Å². The van der Waals surface area contributed by atoms with Gasteiger partial charge < -0.3 is 14.2 Å². The predicted molar refractivity (Wildman–Crippen MR) is 261 cm³/mol. The number of rotatable bonds is 45. The van der Waals surface area contributed by atoms with Gasteiger partial charge in [-0.3, -0.25) is 14.4 Å². The molecular weight excluding hydrogens is 757 g/mol. The molecule has 0 unspecified atom stereocenters. The number of esters is 3. The van der Waals surface area contributed by atoms with Gasteiger partial charge in [0.2, 0.25) is 0 Å². The Labute approximate surface area is 376 Å². The number of hydrogen-bond acceptors (Lipinski definition) is 6. The van der Waals surface area contributed by atoms with Crippen LogP contribution in [-0.2, 0) is 28.6 Å². The first-order chi connectivity index (χ1) is 30.0. The molecule has 0 N–H and O–H groups in total. The molecule has 61 heavy (non-hydrogen) atoms. The smallest absolute Gasteiger partial charge is 0.306 e. The fourth-order valence-corrected chi connectivity index (χ4v) is 6.76. The van der Waals surface area contributed by atoms with Gasteiger partial charge in [-0.15, -0.1) is 0 Å². The van der Waals surface area contributed by atoms with E-state index in [4.69, 9.17) is 14.2 Å². The van der Waals surface area contributed by atoms with Crippen molar-refractivity contribution in [3.63, 3.8) is 0 Å². The maximum Gasteiger partial charge on any atom is 0.306 e. The molecule has 0 aliphatic rings. The van der Waals surface area contributed by atoms with Crippen LogP contribution >= 0.6 is 0 Å². The molecule has 350 valence electrons. The van der Waals surface area contributed by atoms with Crippen LogP contribution < -0.4 is 0 Å². The second kappa shape index (κ2) is 49.5. The van der Waals surface area contributed by atoms with Gasteiger partial charge in [0.25, 0.3) is 0 Å². The summed E-state index contributed by atoms with van der Waals surface area (Å²) in [4.78, 5) is 37.9. The highest BCUT2D eigenvalue weighted by Gasteiger charge is 2.19. The van der Waals surface area contributed by atoms with Gasteiger partial charge in [0.05, 0.1) is 0 Å². The highest BCUT2D eigenvalue weighted by atomic mass is 16.6. The Morgan fingerprint density at radius 1 is 0.328 bits per heavy atom. The van der Waals surface area contributed by atoms with Crippen molar-refractivity contribution in [2.75, 3.05) is 13.2 Å². The molecule has 6 heteroatoms. The summed E-state index contributed by atoms with van der Waals surface area (Å²) in [5.41, 5.74) is 0. The van der Waals surface area contributed by atoms with E-state index in [1.807, 2.05) is 0 Å². The summed E-state index contributed by atoms with van der Waals surface area (Å²) < 4.78 is 16.7. The molecule has 0 radical (unpaired) electrons. The van der Waals surface area contributed by atoms with Gasteiger partial charge >= 0.3 is 17.9 Å². The van der Waals surface area contributed by atoms with Crippen LogP contribution in [0.4, 0.5) is 0 Å². The summed E-state index contributed by atoms with van der Waals surface area (Å²) in [5.74, 6) is -0.974. The number of carbonyl (C=O) groups is 3. The molecule has 0 saturated carbocycles. The minimum atomic E-state index is -0.807. The van der Waals surface area contributed by atoms with Crippen LogP contribution in [0.2, 0.25) is 0 Å². The first-order valence-electron chi connectivity index (χ1n) is 25.4. The minimum absolute atomic E-state index is 0.102. The Hall–Kier alpha value is -3.15. The van der Waals surface area contributed by atoms with Crippen LogP contribution in [-0.4, -0.2) is 37.2 Å².